The lowest BCUT2D eigenvalue weighted by Crippen LogP contribution is -2.28. The number of likely N-dealkylation sites (tertiary alicyclic amines) is 1. The highest BCUT2D eigenvalue weighted by molar-refractivity contribution is 6.44. The van der Waals surface area contributed by atoms with Gasteiger partial charge in [-0.25, -0.2) is 0 Å². The Morgan fingerprint density at radius 3 is 2.68 bits per heavy atom. The number of carbonyl (C=O) groups excluding carboxylic acids is 1. The van der Waals surface area contributed by atoms with Crippen LogP contribution in [0.5, 0.6) is 0 Å². The van der Waals surface area contributed by atoms with Crippen molar-refractivity contribution in [3.05, 3.63) is 37.9 Å². The summed E-state index contributed by atoms with van der Waals surface area (Å²) >= 11 is 11.8. The molecule has 0 radical (unpaired) electrons. The van der Waals surface area contributed by atoms with Gasteiger partial charge in [0.1, 0.15) is 0 Å². The fraction of sp³-hybridized carbons (Fsp3) is 0.417. The number of benzene rings is 1. The predicted octanol–water partition coefficient (Wildman–Crippen LogP) is 3.38. The minimum atomic E-state index is -0.592. The number of carbonyl (C=O) groups is 1. The van der Waals surface area contributed by atoms with Gasteiger partial charge < -0.3 is 4.90 Å². The summed E-state index contributed by atoms with van der Waals surface area (Å²) in [6.45, 7) is 3.32. The van der Waals surface area contributed by atoms with E-state index in [-0.39, 0.29) is 27.2 Å². The van der Waals surface area contributed by atoms with E-state index < -0.39 is 4.92 Å². The summed E-state index contributed by atoms with van der Waals surface area (Å²) in [5, 5.41) is 10.9. The zero-order valence-corrected chi connectivity index (χ0v) is 11.7. The molecule has 1 amide bonds. The average molecular weight is 303 g/mol. The monoisotopic (exact) mass is 302 g/mol. The van der Waals surface area contributed by atoms with Crippen molar-refractivity contribution in [2.75, 3.05) is 13.1 Å². The highest BCUT2D eigenvalue weighted by Crippen LogP contribution is 2.32. The summed E-state index contributed by atoms with van der Waals surface area (Å²) in [6, 6.07) is 2.33. The maximum Gasteiger partial charge on any atom is 0.271 e. The first-order valence-electron chi connectivity index (χ1n) is 5.83. The molecule has 102 valence electrons. The second-order valence-corrected chi connectivity index (χ2v) is 5.48. The summed E-state index contributed by atoms with van der Waals surface area (Å²) in [6.07, 6.45) is 0.923. The summed E-state index contributed by atoms with van der Waals surface area (Å²) in [4.78, 5) is 24.1. The van der Waals surface area contributed by atoms with Crippen molar-refractivity contribution in [2.45, 2.75) is 13.3 Å². The Morgan fingerprint density at radius 1 is 1.47 bits per heavy atom. The molecule has 1 fully saturated rings. The van der Waals surface area contributed by atoms with Crippen molar-refractivity contribution in [1.29, 1.82) is 0 Å². The molecule has 1 aliphatic heterocycles. The molecule has 1 aromatic carbocycles. The van der Waals surface area contributed by atoms with Gasteiger partial charge in [0.05, 0.1) is 20.5 Å². The molecule has 5 nitrogen and oxygen atoms in total. The van der Waals surface area contributed by atoms with E-state index in [0.717, 1.165) is 12.5 Å². The van der Waals surface area contributed by atoms with E-state index in [0.29, 0.717) is 19.0 Å². The molecular formula is C12H12Cl2N2O3. The van der Waals surface area contributed by atoms with Gasteiger partial charge in [-0.15, -0.1) is 0 Å². The number of amides is 1. The van der Waals surface area contributed by atoms with Crippen molar-refractivity contribution in [1.82, 2.24) is 4.90 Å². The van der Waals surface area contributed by atoms with Gasteiger partial charge in [-0.05, 0) is 12.3 Å². The van der Waals surface area contributed by atoms with Crippen LogP contribution < -0.4 is 0 Å². The first-order valence-corrected chi connectivity index (χ1v) is 6.58. The molecule has 1 heterocycles. The molecule has 0 spiro atoms. The molecule has 0 aliphatic carbocycles. The van der Waals surface area contributed by atoms with Gasteiger partial charge in [0.2, 0.25) is 0 Å². The fourth-order valence-electron chi connectivity index (χ4n) is 2.13. The Balaban J connectivity index is 2.38. The van der Waals surface area contributed by atoms with E-state index in [1.807, 2.05) is 0 Å². The standard InChI is InChI=1S/C12H12Cl2N2O3/c1-7-2-3-15(6-7)12(17)9-4-8(16(18)19)5-10(13)11(9)14/h4-5,7H,2-3,6H2,1H3. The lowest BCUT2D eigenvalue weighted by atomic mass is 10.1. The minimum absolute atomic E-state index is 0.0199. The van der Waals surface area contributed by atoms with E-state index in [2.05, 4.69) is 6.92 Å². The fourth-order valence-corrected chi connectivity index (χ4v) is 2.53. The molecular weight excluding hydrogens is 291 g/mol. The second-order valence-electron chi connectivity index (χ2n) is 4.69. The van der Waals surface area contributed by atoms with Crippen LogP contribution in [0.25, 0.3) is 0 Å². The van der Waals surface area contributed by atoms with Gasteiger partial charge >= 0.3 is 0 Å². The Labute approximate surface area is 120 Å². The molecule has 0 bridgehead atoms. The molecule has 7 heteroatoms. The van der Waals surface area contributed by atoms with Crippen molar-refractivity contribution in [3.63, 3.8) is 0 Å². The normalized spacial score (nSPS) is 18.7. The summed E-state index contributed by atoms with van der Waals surface area (Å²) in [5.41, 5.74) is -0.139. The van der Waals surface area contributed by atoms with Crippen LogP contribution in [0.4, 0.5) is 5.69 Å². The van der Waals surface area contributed by atoms with Crippen LogP contribution in [0.1, 0.15) is 23.7 Å². The van der Waals surface area contributed by atoms with Gasteiger partial charge in [0.25, 0.3) is 11.6 Å². The van der Waals surface area contributed by atoms with Crippen LogP contribution >= 0.6 is 23.2 Å². The molecule has 0 aromatic heterocycles. The van der Waals surface area contributed by atoms with E-state index >= 15 is 0 Å². The Hall–Kier alpha value is -1.33. The topological polar surface area (TPSA) is 63.5 Å². The van der Waals surface area contributed by atoms with Crippen LogP contribution in [0.3, 0.4) is 0 Å². The first-order chi connectivity index (χ1) is 8.90. The third kappa shape index (κ3) is 2.82. The summed E-state index contributed by atoms with van der Waals surface area (Å²) in [7, 11) is 0. The van der Waals surface area contributed by atoms with Crippen LogP contribution in [-0.2, 0) is 0 Å². The maximum absolute atomic E-state index is 12.3. The maximum atomic E-state index is 12.3. The number of nitro benzene ring substituents is 1. The third-order valence-corrected chi connectivity index (χ3v) is 3.97. The third-order valence-electron chi connectivity index (χ3n) is 3.17. The van der Waals surface area contributed by atoms with E-state index in [9.17, 15) is 14.9 Å². The quantitative estimate of drug-likeness (QED) is 0.621. The highest BCUT2D eigenvalue weighted by Gasteiger charge is 2.27. The Bertz CT molecular complexity index is 548. The van der Waals surface area contributed by atoms with Crippen molar-refractivity contribution >= 4 is 34.8 Å². The summed E-state index contributed by atoms with van der Waals surface area (Å²) < 4.78 is 0. The number of non-ortho nitro benzene ring substituents is 1. The van der Waals surface area contributed by atoms with Gasteiger partial charge in [0.15, 0.2) is 0 Å². The average Bonchev–Trinajstić information content (AvgIpc) is 2.78. The predicted molar refractivity (Wildman–Crippen MR) is 72.8 cm³/mol. The van der Waals surface area contributed by atoms with Crippen LogP contribution in [-0.4, -0.2) is 28.8 Å². The van der Waals surface area contributed by atoms with E-state index in [4.69, 9.17) is 23.2 Å². The molecule has 0 N–H and O–H groups in total. The van der Waals surface area contributed by atoms with Gasteiger partial charge in [-0.1, -0.05) is 30.1 Å². The smallest absolute Gasteiger partial charge is 0.271 e. The molecule has 1 saturated heterocycles. The zero-order chi connectivity index (χ0) is 14.2. The van der Waals surface area contributed by atoms with Gasteiger partial charge in [0, 0.05) is 25.2 Å². The Kier molecular flexibility index (Phi) is 3.96. The second kappa shape index (κ2) is 5.35. The molecule has 1 unspecified atom stereocenters. The number of nitrogens with zero attached hydrogens (tertiary/aromatic N) is 2. The highest BCUT2D eigenvalue weighted by atomic mass is 35.5. The van der Waals surface area contributed by atoms with Crippen molar-refractivity contribution in [2.24, 2.45) is 5.92 Å². The molecule has 19 heavy (non-hydrogen) atoms. The number of halogens is 2. The molecule has 2 rings (SSSR count). The SMILES string of the molecule is CC1CCN(C(=O)c2cc([N+](=O)[O-])cc(Cl)c2Cl)C1. The summed E-state index contributed by atoms with van der Waals surface area (Å²) in [5.74, 6) is 0.122. The minimum Gasteiger partial charge on any atom is -0.338 e. The zero-order valence-electron chi connectivity index (χ0n) is 10.2. The van der Waals surface area contributed by atoms with Gasteiger partial charge in [-0.2, -0.15) is 0 Å². The van der Waals surface area contributed by atoms with Crippen LogP contribution in [0.2, 0.25) is 10.0 Å². The Morgan fingerprint density at radius 2 is 2.16 bits per heavy atom. The molecule has 1 aliphatic rings. The molecule has 1 atom stereocenters. The van der Waals surface area contributed by atoms with Crippen LogP contribution in [0.15, 0.2) is 12.1 Å². The first kappa shape index (κ1) is 14.1. The van der Waals surface area contributed by atoms with Crippen molar-refractivity contribution in [3.8, 4) is 0 Å². The number of hydrogen-bond donors (Lipinski definition) is 0. The number of nitro groups is 1. The number of rotatable bonds is 2. The van der Waals surface area contributed by atoms with E-state index in [1.165, 1.54) is 6.07 Å². The van der Waals surface area contributed by atoms with Crippen LogP contribution in [0, 0.1) is 16.0 Å². The largest absolute Gasteiger partial charge is 0.338 e. The lowest BCUT2D eigenvalue weighted by molar-refractivity contribution is -0.384. The molecule has 1 aromatic rings. The number of hydrogen-bond acceptors (Lipinski definition) is 3. The molecule has 0 saturated carbocycles. The lowest BCUT2D eigenvalue weighted by Gasteiger charge is -2.17. The van der Waals surface area contributed by atoms with Gasteiger partial charge in [-0.3, -0.25) is 14.9 Å². The van der Waals surface area contributed by atoms with E-state index in [1.54, 1.807) is 4.90 Å². The van der Waals surface area contributed by atoms with Crippen molar-refractivity contribution < 1.29 is 9.72 Å².